The van der Waals surface area contributed by atoms with Gasteiger partial charge in [-0.1, -0.05) is 18.2 Å². The molecule has 2 aliphatic heterocycles. The fourth-order valence-corrected chi connectivity index (χ4v) is 4.38. The standard InChI is InChI=1S/C22H29N3O3/c1-22(2,3)23-21(27)28-17-9-11-24(12-10-17)13-16-14-25-19(26)8-7-15-5-4-6-18(16)20(15)25/h4-8,16-17H,9-14H2,1-3H3,(H,23,27). The summed E-state index contributed by atoms with van der Waals surface area (Å²) in [4.78, 5) is 26.7. The van der Waals surface area contributed by atoms with E-state index in [1.165, 1.54) is 5.56 Å². The Labute approximate surface area is 165 Å². The number of nitrogens with one attached hydrogen (secondary N) is 1. The van der Waals surface area contributed by atoms with E-state index >= 15 is 0 Å². The Kier molecular flexibility index (Phi) is 4.91. The summed E-state index contributed by atoms with van der Waals surface area (Å²) in [5, 5.41) is 3.99. The maximum absolute atomic E-state index is 12.3. The van der Waals surface area contributed by atoms with Gasteiger partial charge in [-0.05, 0) is 50.6 Å². The summed E-state index contributed by atoms with van der Waals surface area (Å²) < 4.78 is 7.50. The minimum absolute atomic E-state index is 0.0228. The third-order valence-electron chi connectivity index (χ3n) is 5.65. The van der Waals surface area contributed by atoms with Crippen LogP contribution >= 0.6 is 0 Å². The van der Waals surface area contributed by atoms with Crippen LogP contribution in [0.25, 0.3) is 10.9 Å². The highest BCUT2D eigenvalue weighted by atomic mass is 16.6. The summed E-state index contributed by atoms with van der Waals surface area (Å²) in [6.07, 6.45) is 1.34. The van der Waals surface area contributed by atoms with Gasteiger partial charge in [-0.15, -0.1) is 0 Å². The first-order valence-corrected chi connectivity index (χ1v) is 10.1. The molecule has 1 saturated heterocycles. The molecule has 1 aromatic heterocycles. The number of para-hydroxylation sites is 1. The predicted molar refractivity (Wildman–Crippen MR) is 110 cm³/mol. The van der Waals surface area contributed by atoms with Crippen LogP contribution in [0, 0.1) is 0 Å². The van der Waals surface area contributed by atoms with Crippen molar-refractivity contribution < 1.29 is 9.53 Å². The molecule has 0 saturated carbocycles. The van der Waals surface area contributed by atoms with Gasteiger partial charge in [0.05, 0.1) is 5.52 Å². The number of amides is 1. The maximum atomic E-state index is 12.3. The number of alkyl carbamates (subject to hydrolysis) is 1. The van der Waals surface area contributed by atoms with E-state index in [2.05, 4.69) is 28.4 Å². The number of carbonyl (C=O) groups excluding carboxylic acids is 1. The van der Waals surface area contributed by atoms with Gasteiger partial charge >= 0.3 is 6.09 Å². The number of pyridine rings is 1. The highest BCUT2D eigenvalue weighted by Gasteiger charge is 2.29. The van der Waals surface area contributed by atoms with Gasteiger partial charge in [0.25, 0.3) is 5.56 Å². The molecule has 4 rings (SSSR count). The zero-order valence-electron chi connectivity index (χ0n) is 16.9. The van der Waals surface area contributed by atoms with Crippen molar-refractivity contribution in [2.75, 3.05) is 19.6 Å². The van der Waals surface area contributed by atoms with Crippen molar-refractivity contribution in [1.29, 1.82) is 0 Å². The topological polar surface area (TPSA) is 63.6 Å². The lowest BCUT2D eigenvalue weighted by Gasteiger charge is -2.33. The van der Waals surface area contributed by atoms with E-state index in [0.29, 0.717) is 5.92 Å². The van der Waals surface area contributed by atoms with Crippen molar-refractivity contribution in [3.8, 4) is 0 Å². The number of ether oxygens (including phenoxy) is 1. The molecule has 2 aliphatic rings. The average molecular weight is 383 g/mol. The number of hydrogen-bond acceptors (Lipinski definition) is 4. The van der Waals surface area contributed by atoms with Crippen molar-refractivity contribution in [2.24, 2.45) is 0 Å². The van der Waals surface area contributed by atoms with Gasteiger partial charge < -0.3 is 19.5 Å². The molecule has 1 amide bonds. The first-order valence-electron chi connectivity index (χ1n) is 10.1. The van der Waals surface area contributed by atoms with Gasteiger partial charge in [-0.25, -0.2) is 4.79 Å². The van der Waals surface area contributed by atoms with E-state index in [4.69, 9.17) is 4.74 Å². The minimum Gasteiger partial charge on any atom is -0.446 e. The predicted octanol–water partition coefficient (Wildman–Crippen LogP) is 3.09. The molecule has 150 valence electrons. The Morgan fingerprint density at radius 3 is 2.64 bits per heavy atom. The zero-order valence-corrected chi connectivity index (χ0v) is 16.9. The van der Waals surface area contributed by atoms with Gasteiger partial charge in [0.15, 0.2) is 0 Å². The number of piperidine rings is 1. The number of aromatic nitrogens is 1. The number of carbonyl (C=O) groups is 1. The van der Waals surface area contributed by atoms with E-state index < -0.39 is 0 Å². The van der Waals surface area contributed by atoms with Gasteiger partial charge in [0.2, 0.25) is 0 Å². The van der Waals surface area contributed by atoms with Crippen LogP contribution in [-0.4, -0.2) is 46.8 Å². The maximum Gasteiger partial charge on any atom is 0.407 e. The summed E-state index contributed by atoms with van der Waals surface area (Å²) in [5.41, 5.74) is 2.17. The second kappa shape index (κ2) is 7.24. The Balaban J connectivity index is 1.35. The van der Waals surface area contributed by atoms with E-state index in [0.717, 1.165) is 49.9 Å². The van der Waals surface area contributed by atoms with Crippen LogP contribution in [0.3, 0.4) is 0 Å². The summed E-state index contributed by atoms with van der Waals surface area (Å²) in [6.45, 7) is 9.34. The first-order chi connectivity index (χ1) is 13.3. The second-order valence-corrected chi connectivity index (χ2v) is 9.04. The molecule has 1 atom stereocenters. The van der Waals surface area contributed by atoms with Gasteiger partial charge in [0, 0.05) is 43.7 Å². The lowest BCUT2D eigenvalue weighted by atomic mass is 9.98. The minimum atomic E-state index is -0.330. The molecular formula is C22H29N3O3. The monoisotopic (exact) mass is 383 g/mol. The largest absolute Gasteiger partial charge is 0.446 e. The summed E-state index contributed by atoms with van der Waals surface area (Å²) in [6, 6.07) is 9.90. The normalized spacial score (nSPS) is 20.5. The van der Waals surface area contributed by atoms with Crippen LogP contribution in [0.4, 0.5) is 4.79 Å². The molecule has 0 bridgehead atoms. The third kappa shape index (κ3) is 3.92. The highest BCUT2D eigenvalue weighted by molar-refractivity contribution is 5.84. The molecular weight excluding hydrogens is 354 g/mol. The molecule has 0 aliphatic carbocycles. The summed E-state index contributed by atoms with van der Waals surface area (Å²) in [5.74, 6) is 0.334. The molecule has 28 heavy (non-hydrogen) atoms. The fourth-order valence-electron chi connectivity index (χ4n) is 4.38. The Hall–Kier alpha value is -2.34. The number of hydrogen-bond donors (Lipinski definition) is 1. The molecule has 1 fully saturated rings. The molecule has 1 unspecified atom stereocenters. The van der Waals surface area contributed by atoms with Crippen molar-refractivity contribution in [3.05, 3.63) is 46.2 Å². The van der Waals surface area contributed by atoms with Crippen LogP contribution in [0.1, 0.15) is 45.1 Å². The SMILES string of the molecule is CC(C)(C)NC(=O)OC1CCN(CC2Cn3c(=O)ccc4cccc2c43)CC1. The molecule has 6 nitrogen and oxygen atoms in total. The quantitative estimate of drug-likeness (QED) is 0.885. The van der Waals surface area contributed by atoms with Crippen molar-refractivity contribution in [3.63, 3.8) is 0 Å². The second-order valence-electron chi connectivity index (χ2n) is 9.04. The van der Waals surface area contributed by atoms with Crippen LogP contribution in [-0.2, 0) is 11.3 Å². The van der Waals surface area contributed by atoms with Gasteiger partial charge in [-0.3, -0.25) is 4.79 Å². The van der Waals surface area contributed by atoms with Crippen LogP contribution in [0.15, 0.2) is 35.1 Å². The molecule has 2 aromatic rings. The molecule has 0 radical (unpaired) electrons. The lowest BCUT2D eigenvalue weighted by Crippen LogP contribution is -2.45. The van der Waals surface area contributed by atoms with E-state index in [1.54, 1.807) is 6.07 Å². The Morgan fingerprint density at radius 2 is 1.93 bits per heavy atom. The van der Waals surface area contributed by atoms with Crippen LogP contribution in [0.2, 0.25) is 0 Å². The number of rotatable bonds is 3. The zero-order chi connectivity index (χ0) is 19.9. The smallest absolute Gasteiger partial charge is 0.407 e. The van der Waals surface area contributed by atoms with E-state index in [-0.39, 0.29) is 23.3 Å². The molecule has 6 heteroatoms. The number of likely N-dealkylation sites (tertiary alicyclic amines) is 1. The van der Waals surface area contributed by atoms with Gasteiger partial charge in [-0.2, -0.15) is 0 Å². The number of benzene rings is 1. The fraction of sp³-hybridized carbons (Fsp3) is 0.545. The third-order valence-corrected chi connectivity index (χ3v) is 5.65. The average Bonchev–Trinajstić information content (AvgIpc) is 2.99. The number of nitrogens with zero attached hydrogens (tertiary/aromatic N) is 2. The van der Waals surface area contributed by atoms with Crippen LogP contribution < -0.4 is 10.9 Å². The van der Waals surface area contributed by atoms with Crippen molar-refractivity contribution in [1.82, 2.24) is 14.8 Å². The molecule has 0 spiro atoms. The molecule has 3 heterocycles. The van der Waals surface area contributed by atoms with E-state index in [1.807, 2.05) is 31.4 Å². The Morgan fingerprint density at radius 1 is 1.18 bits per heavy atom. The first kappa shape index (κ1) is 19.0. The molecule has 1 N–H and O–H groups in total. The Bertz CT molecular complexity index is 936. The van der Waals surface area contributed by atoms with E-state index in [9.17, 15) is 9.59 Å². The van der Waals surface area contributed by atoms with Crippen molar-refractivity contribution >= 4 is 17.0 Å². The molecule has 1 aromatic carbocycles. The van der Waals surface area contributed by atoms with Crippen LogP contribution in [0.5, 0.6) is 0 Å². The summed E-state index contributed by atoms with van der Waals surface area (Å²) >= 11 is 0. The summed E-state index contributed by atoms with van der Waals surface area (Å²) in [7, 11) is 0. The van der Waals surface area contributed by atoms with Gasteiger partial charge in [0.1, 0.15) is 6.10 Å². The van der Waals surface area contributed by atoms with Crippen molar-refractivity contribution in [2.45, 2.75) is 57.7 Å². The highest BCUT2D eigenvalue weighted by Crippen LogP contribution is 2.33. The lowest BCUT2D eigenvalue weighted by molar-refractivity contribution is 0.0454.